The molecule has 0 spiro atoms. The monoisotopic (exact) mass is 308 g/mol. The Kier molecular flexibility index (Phi) is 4.50. The number of hydrogen-bond acceptors (Lipinski definition) is 0. The van der Waals surface area contributed by atoms with E-state index < -0.39 is 0 Å². The van der Waals surface area contributed by atoms with Crippen LogP contribution < -0.4 is 0 Å². The van der Waals surface area contributed by atoms with Crippen LogP contribution >= 0.6 is 0 Å². The Morgan fingerprint density at radius 1 is 0.667 bits per heavy atom. The van der Waals surface area contributed by atoms with E-state index in [1.54, 1.807) is 0 Å². The quantitative estimate of drug-likeness (QED) is 0.763. The molecule has 2 aromatic rings. The topological polar surface area (TPSA) is 0 Å². The van der Waals surface area contributed by atoms with E-state index in [1.807, 2.05) is 0 Å². The molecule has 3 rings (SSSR count). The van der Waals surface area contributed by atoms with Crippen molar-refractivity contribution in [2.24, 2.45) is 0 Å². The van der Waals surface area contributed by atoms with Crippen LogP contribution in [-0.4, -0.2) is 0 Å². The van der Waals surface area contributed by atoms with Crippen LogP contribution in [0.5, 0.6) is 0 Å². The van der Waals surface area contributed by atoms with Gasteiger partial charge in [0.1, 0.15) is 0 Å². The van der Waals surface area contributed by atoms with Crippen LogP contribution in [0.1, 0.15) is 11.5 Å². The molecule has 2 aromatic carbocycles. The molecule has 0 nitrogen and oxygen atoms in total. The molecule has 1 heteroatoms. The molecule has 0 unspecified atom stereocenters. The molecular weight excluding hydrogens is 295 g/mol. The van der Waals surface area contributed by atoms with E-state index in [4.69, 9.17) is 0 Å². The van der Waals surface area contributed by atoms with Crippen LogP contribution in [0.3, 0.4) is 0 Å². The summed E-state index contributed by atoms with van der Waals surface area (Å²) in [5, 5.41) is 0. The Morgan fingerprint density at radius 3 is 2.00 bits per heavy atom. The van der Waals surface area contributed by atoms with Crippen molar-refractivity contribution < 1.29 is 26.2 Å². The van der Waals surface area contributed by atoms with Crippen LogP contribution in [0.25, 0.3) is 11.1 Å². The molecule has 0 bridgehead atoms. The second-order valence-electron chi connectivity index (χ2n) is 4.25. The van der Waals surface area contributed by atoms with E-state index in [-0.39, 0.29) is 26.2 Å². The van der Waals surface area contributed by atoms with Gasteiger partial charge in [-0.15, -0.1) is 0 Å². The third kappa shape index (κ3) is 2.62. The Labute approximate surface area is 127 Å². The number of rotatable bonds is 2. The molecule has 0 fully saturated rings. The molecule has 0 aliphatic heterocycles. The first-order chi connectivity index (χ1) is 8.45. The van der Waals surface area contributed by atoms with E-state index in [2.05, 4.69) is 78.9 Å². The summed E-state index contributed by atoms with van der Waals surface area (Å²) in [6.07, 6.45) is 8.71. The molecule has 0 saturated carbocycles. The van der Waals surface area contributed by atoms with E-state index in [0.29, 0.717) is 5.92 Å². The molecule has 1 aliphatic carbocycles. The first-order valence-electron chi connectivity index (χ1n) is 5.94. The zero-order valence-electron chi connectivity index (χ0n) is 10.1. The fourth-order valence-electron chi connectivity index (χ4n) is 2.31. The predicted octanol–water partition coefficient (Wildman–Crippen LogP) is 4.56. The van der Waals surface area contributed by atoms with Gasteiger partial charge < -0.3 is 0 Å². The van der Waals surface area contributed by atoms with Gasteiger partial charge in [0.15, 0.2) is 0 Å². The van der Waals surface area contributed by atoms with Gasteiger partial charge in [-0.25, -0.2) is 0 Å². The van der Waals surface area contributed by atoms with E-state index in [0.717, 1.165) is 0 Å². The summed E-state index contributed by atoms with van der Waals surface area (Å²) >= 11 is 0. The van der Waals surface area contributed by atoms with Crippen LogP contribution in [0.2, 0.25) is 0 Å². The third-order valence-electron chi connectivity index (χ3n) is 3.15. The molecular formula is C17H14Zr. The van der Waals surface area contributed by atoms with Gasteiger partial charge in [-0.1, -0.05) is 78.9 Å². The van der Waals surface area contributed by atoms with Crippen LogP contribution in [-0.2, 0) is 26.2 Å². The molecule has 86 valence electrons. The minimum Gasteiger partial charge on any atom is -0.0732 e. The van der Waals surface area contributed by atoms with Gasteiger partial charge in [-0.2, -0.15) is 0 Å². The maximum atomic E-state index is 2.24. The van der Waals surface area contributed by atoms with E-state index in [9.17, 15) is 0 Å². The average Bonchev–Trinajstić information content (AvgIpc) is 2.94. The largest absolute Gasteiger partial charge is 0.0732 e. The molecule has 0 aromatic heterocycles. The second kappa shape index (κ2) is 6.11. The molecule has 18 heavy (non-hydrogen) atoms. The fourth-order valence-corrected chi connectivity index (χ4v) is 2.31. The Hall–Kier alpha value is -1.20. The SMILES string of the molecule is C1=CC(c2ccccc2-c2ccccc2)C=C1.[Zr]. The van der Waals surface area contributed by atoms with Gasteiger partial charge in [0.2, 0.25) is 0 Å². The molecule has 0 atom stereocenters. The Balaban J connectivity index is 0.00000120. The zero-order chi connectivity index (χ0) is 11.5. The maximum Gasteiger partial charge on any atom is 0.0211 e. The minimum atomic E-state index is 0. The average molecular weight is 310 g/mol. The van der Waals surface area contributed by atoms with Crippen molar-refractivity contribution in [3.05, 3.63) is 84.5 Å². The van der Waals surface area contributed by atoms with Crippen molar-refractivity contribution in [2.75, 3.05) is 0 Å². The second-order valence-corrected chi connectivity index (χ2v) is 4.25. The summed E-state index contributed by atoms with van der Waals surface area (Å²) in [4.78, 5) is 0. The summed E-state index contributed by atoms with van der Waals surface area (Å²) in [6.45, 7) is 0. The summed E-state index contributed by atoms with van der Waals surface area (Å²) in [5.41, 5.74) is 4.00. The third-order valence-corrected chi connectivity index (χ3v) is 3.15. The summed E-state index contributed by atoms with van der Waals surface area (Å²) in [6, 6.07) is 19.2. The molecule has 0 radical (unpaired) electrons. The van der Waals surface area contributed by atoms with Crippen LogP contribution in [0.15, 0.2) is 78.9 Å². The molecule has 0 heterocycles. The first-order valence-corrected chi connectivity index (χ1v) is 5.94. The number of hydrogen-bond donors (Lipinski definition) is 0. The fraction of sp³-hybridized carbons (Fsp3) is 0.0588. The standard InChI is InChI=1S/C17H14.Zr/c1-2-8-14(9-3-1)16-12-6-7-13-17(16)15-10-4-5-11-15;/h1-13,15H;. The summed E-state index contributed by atoms with van der Waals surface area (Å²) in [7, 11) is 0. The van der Waals surface area contributed by atoms with E-state index >= 15 is 0 Å². The van der Waals surface area contributed by atoms with Crippen molar-refractivity contribution in [1.29, 1.82) is 0 Å². The molecule has 0 saturated heterocycles. The van der Waals surface area contributed by atoms with Gasteiger partial charge in [0.05, 0.1) is 0 Å². The molecule has 0 amide bonds. The van der Waals surface area contributed by atoms with Crippen LogP contribution in [0.4, 0.5) is 0 Å². The van der Waals surface area contributed by atoms with Crippen molar-refractivity contribution >= 4 is 0 Å². The maximum absolute atomic E-state index is 2.24. The van der Waals surface area contributed by atoms with E-state index in [1.165, 1.54) is 16.7 Å². The number of benzene rings is 2. The van der Waals surface area contributed by atoms with Crippen molar-refractivity contribution in [3.8, 4) is 11.1 Å². The predicted molar refractivity (Wildman–Crippen MR) is 72.9 cm³/mol. The minimum absolute atomic E-state index is 0. The van der Waals surface area contributed by atoms with Crippen molar-refractivity contribution in [3.63, 3.8) is 0 Å². The van der Waals surface area contributed by atoms with Gasteiger partial charge in [0.25, 0.3) is 0 Å². The van der Waals surface area contributed by atoms with Gasteiger partial charge in [-0.05, 0) is 16.7 Å². The van der Waals surface area contributed by atoms with Gasteiger partial charge in [0, 0.05) is 32.1 Å². The molecule has 0 N–H and O–H groups in total. The molecule has 1 aliphatic rings. The Bertz CT molecular complexity index is 555. The van der Waals surface area contributed by atoms with Crippen molar-refractivity contribution in [1.82, 2.24) is 0 Å². The van der Waals surface area contributed by atoms with Gasteiger partial charge >= 0.3 is 0 Å². The first kappa shape index (κ1) is 13.2. The smallest absolute Gasteiger partial charge is 0.0211 e. The van der Waals surface area contributed by atoms with Gasteiger partial charge in [-0.3, -0.25) is 0 Å². The van der Waals surface area contributed by atoms with Crippen LogP contribution in [0, 0.1) is 0 Å². The van der Waals surface area contributed by atoms with Crippen molar-refractivity contribution in [2.45, 2.75) is 5.92 Å². The normalized spacial score (nSPS) is 13.6. The Morgan fingerprint density at radius 2 is 1.28 bits per heavy atom. The summed E-state index contributed by atoms with van der Waals surface area (Å²) in [5.74, 6) is 0.423. The zero-order valence-corrected chi connectivity index (χ0v) is 12.5. The number of allylic oxidation sites excluding steroid dienone is 4. The summed E-state index contributed by atoms with van der Waals surface area (Å²) < 4.78 is 0.